The first-order valence-corrected chi connectivity index (χ1v) is 9.30. The Bertz CT molecular complexity index is 1250. The average Bonchev–Trinajstić information content (AvgIpc) is 3.21. The zero-order valence-corrected chi connectivity index (χ0v) is 16.1. The molecule has 4 rings (SSSR count). The van der Waals surface area contributed by atoms with Crippen LogP contribution in [0.15, 0.2) is 57.8 Å². The quantitative estimate of drug-likeness (QED) is 0.527. The number of halogens is 1. The first-order valence-electron chi connectivity index (χ1n) is 9.30. The molecule has 0 unspecified atom stereocenters. The maximum absolute atomic E-state index is 13.0. The van der Waals surface area contributed by atoms with Gasteiger partial charge in [0.05, 0.1) is 17.4 Å². The van der Waals surface area contributed by atoms with E-state index in [4.69, 9.17) is 4.52 Å². The summed E-state index contributed by atoms with van der Waals surface area (Å²) >= 11 is 0. The van der Waals surface area contributed by atoms with E-state index in [1.54, 1.807) is 43.4 Å². The van der Waals surface area contributed by atoms with Crippen molar-refractivity contribution in [1.29, 1.82) is 0 Å². The highest BCUT2D eigenvalue weighted by Gasteiger charge is 2.15. The molecule has 2 aromatic carbocycles. The lowest BCUT2D eigenvalue weighted by atomic mass is 10.2. The van der Waals surface area contributed by atoms with Gasteiger partial charge in [0, 0.05) is 25.5 Å². The summed E-state index contributed by atoms with van der Waals surface area (Å²) in [5.74, 6) is 0.550. The number of nitrogens with zero attached hydrogens (tertiary/aromatic N) is 4. The summed E-state index contributed by atoms with van der Waals surface area (Å²) in [6, 6.07) is 12.8. The van der Waals surface area contributed by atoms with Gasteiger partial charge in [0.2, 0.25) is 17.6 Å². The van der Waals surface area contributed by atoms with Crippen LogP contribution >= 0.6 is 0 Å². The number of nitrogens with one attached hydrogen (secondary N) is 1. The van der Waals surface area contributed by atoms with Crippen molar-refractivity contribution < 1.29 is 13.7 Å². The molecule has 0 spiro atoms. The van der Waals surface area contributed by atoms with E-state index in [-0.39, 0.29) is 36.7 Å². The number of para-hydroxylation sites is 1. The van der Waals surface area contributed by atoms with Gasteiger partial charge in [0.25, 0.3) is 5.56 Å². The number of fused-ring (bicyclic) bond motifs is 1. The number of hydrogen-bond donors (Lipinski definition) is 1. The fourth-order valence-electron chi connectivity index (χ4n) is 3.00. The van der Waals surface area contributed by atoms with Gasteiger partial charge in [-0.3, -0.25) is 9.59 Å². The smallest absolute Gasteiger partial charge is 0.258 e. The summed E-state index contributed by atoms with van der Waals surface area (Å²) in [6.45, 7) is 0.170. The van der Waals surface area contributed by atoms with Crippen LogP contribution in [0.2, 0.25) is 0 Å². The minimum atomic E-state index is -0.349. The molecule has 4 aromatic rings. The van der Waals surface area contributed by atoms with E-state index in [0.29, 0.717) is 34.0 Å². The zero-order chi connectivity index (χ0) is 21.1. The van der Waals surface area contributed by atoms with E-state index in [2.05, 4.69) is 20.1 Å². The van der Waals surface area contributed by atoms with Crippen LogP contribution in [-0.2, 0) is 17.8 Å². The zero-order valence-electron chi connectivity index (χ0n) is 16.1. The van der Waals surface area contributed by atoms with Crippen LogP contribution in [0.3, 0.4) is 0 Å². The van der Waals surface area contributed by atoms with E-state index in [1.165, 1.54) is 17.0 Å². The summed E-state index contributed by atoms with van der Waals surface area (Å²) in [6.07, 6.45) is 0.415. The van der Waals surface area contributed by atoms with Crippen molar-refractivity contribution in [2.75, 3.05) is 7.05 Å². The molecule has 9 heteroatoms. The van der Waals surface area contributed by atoms with Gasteiger partial charge in [0.1, 0.15) is 11.6 Å². The molecule has 1 amide bonds. The van der Waals surface area contributed by atoms with Crippen molar-refractivity contribution in [3.8, 4) is 11.4 Å². The molecule has 0 aliphatic heterocycles. The van der Waals surface area contributed by atoms with Gasteiger partial charge < -0.3 is 14.4 Å². The highest BCUT2D eigenvalue weighted by molar-refractivity contribution is 5.77. The van der Waals surface area contributed by atoms with Crippen molar-refractivity contribution in [2.24, 2.45) is 0 Å². The third-order valence-electron chi connectivity index (χ3n) is 4.60. The Morgan fingerprint density at radius 2 is 1.90 bits per heavy atom. The molecule has 0 saturated carbocycles. The van der Waals surface area contributed by atoms with Crippen LogP contribution in [-0.4, -0.2) is 38.0 Å². The van der Waals surface area contributed by atoms with Crippen molar-refractivity contribution in [2.45, 2.75) is 19.4 Å². The Morgan fingerprint density at radius 3 is 2.70 bits per heavy atom. The number of benzene rings is 2. The Kier molecular flexibility index (Phi) is 5.34. The Morgan fingerprint density at radius 1 is 1.13 bits per heavy atom. The molecular weight excluding hydrogens is 389 g/mol. The molecule has 2 aromatic heterocycles. The largest absolute Gasteiger partial charge is 0.339 e. The van der Waals surface area contributed by atoms with Gasteiger partial charge in [-0.1, -0.05) is 17.3 Å². The lowest BCUT2D eigenvalue weighted by Crippen LogP contribution is -2.28. The van der Waals surface area contributed by atoms with Gasteiger partial charge in [-0.15, -0.1) is 0 Å². The van der Waals surface area contributed by atoms with Crippen LogP contribution in [0.4, 0.5) is 4.39 Å². The number of carbonyl (C=O) groups is 1. The molecule has 0 bridgehead atoms. The summed E-state index contributed by atoms with van der Waals surface area (Å²) in [4.78, 5) is 37.4. The number of amides is 1. The molecule has 0 aliphatic carbocycles. The van der Waals surface area contributed by atoms with Gasteiger partial charge in [-0.2, -0.15) is 4.98 Å². The van der Waals surface area contributed by atoms with Gasteiger partial charge in [0.15, 0.2) is 0 Å². The minimum Gasteiger partial charge on any atom is -0.339 e. The number of rotatable bonds is 6. The molecule has 1 N–H and O–H groups in total. The first-order chi connectivity index (χ1) is 14.5. The Balaban J connectivity index is 1.37. The molecule has 0 atom stereocenters. The summed E-state index contributed by atoms with van der Waals surface area (Å²) in [7, 11) is 1.63. The molecule has 152 valence electrons. The lowest BCUT2D eigenvalue weighted by molar-refractivity contribution is -0.130. The molecule has 0 fully saturated rings. The van der Waals surface area contributed by atoms with E-state index in [9.17, 15) is 14.0 Å². The lowest BCUT2D eigenvalue weighted by Gasteiger charge is -2.16. The highest BCUT2D eigenvalue weighted by atomic mass is 19.1. The molecule has 30 heavy (non-hydrogen) atoms. The highest BCUT2D eigenvalue weighted by Crippen LogP contribution is 2.17. The summed E-state index contributed by atoms with van der Waals surface area (Å²) < 4.78 is 18.2. The fraction of sp³-hybridized carbons (Fsp3) is 0.190. The number of aryl methyl sites for hydroxylation is 1. The molecular formula is C21H18FN5O3. The maximum atomic E-state index is 13.0. The third-order valence-corrected chi connectivity index (χ3v) is 4.60. The molecule has 0 saturated heterocycles. The molecule has 2 heterocycles. The monoisotopic (exact) mass is 407 g/mol. The summed E-state index contributed by atoms with van der Waals surface area (Å²) in [5, 5.41) is 4.37. The minimum absolute atomic E-state index is 0.152. The van der Waals surface area contributed by atoms with Crippen molar-refractivity contribution in [1.82, 2.24) is 25.0 Å². The second-order valence-electron chi connectivity index (χ2n) is 6.80. The predicted molar refractivity (Wildman–Crippen MR) is 107 cm³/mol. The van der Waals surface area contributed by atoms with Gasteiger partial charge >= 0.3 is 0 Å². The molecule has 0 aliphatic rings. The SMILES string of the molecule is CN(Cc1nc2ccccc2c(=O)[nH]1)C(=O)CCc1nc(-c2ccc(F)cc2)no1. The van der Waals surface area contributed by atoms with Crippen LogP contribution in [0, 0.1) is 5.82 Å². The summed E-state index contributed by atoms with van der Waals surface area (Å²) in [5.41, 5.74) is 0.966. The van der Waals surface area contributed by atoms with Crippen LogP contribution < -0.4 is 5.56 Å². The van der Waals surface area contributed by atoms with Gasteiger partial charge in [-0.05, 0) is 36.4 Å². The van der Waals surface area contributed by atoms with Crippen molar-refractivity contribution in [3.63, 3.8) is 0 Å². The third kappa shape index (κ3) is 4.24. The van der Waals surface area contributed by atoms with Crippen LogP contribution in [0.25, 0.3) is 22.3 Å². The number of hydrogen-bond acceptors (Lipinski definition) is 6. The fourth-order valence-corrected chi connectivity index (χ4v) is 3.00. The van der Waals surface area contributed by atoms with Crippen molar-refractivity contribution >= 4 is 16.8 Å². The second-order valence-corrected chi connectivity index (χ2v) is 6.80. The van der Waals surface area contributed by atoms with E-state index < -0.39 is 0 Å². The Labute approximate surface area is 170 Å². The van der Waals surface area contributed by atoms with E-state index >= 15 is 0 Å². The van der Waals surface area contributed by atoms with Crippen LogP contribution in [0.5, 0.6) is 0 Å². The second kappa shape index (κ2) is 8.24. The number of H-pyrrole nitrogens is 1. The predicted octanol–water partition coefficient (Wildman–Crippen LogP) is 2.70. The normalized spacial score (nSPS) is 11.0. The topological polar surface area (TPSA) is 105 Å². The molecule has 8 nitrogen and oxygen atoms in total. The number of aromatic amines is 1. The van der Waals surface area contributed by atoms with Crippen molar-refractivity contribution in [3.05, 3.63) is 76.4 Å². The van der Waals surface area contributed by atoms with Crippen LogP contribution in [0.1, 0.15) is 18.1 Å². The number of carbonyl (C=O) groups excluding carboxylic acids is 1. The average molecular weight is 407 g/mol. The molecule has 0 radical (unpaired) electrons. The Hall–Kier alpha value is -3.88. The van der Waals surface area contributed by atoms with E-state index in [0.717, 1.165) is 0 Å². The van der Waals surface area contributed by atoms with E-state index in [1.807, 2.05) is 0 Å². The maximum Gasteiger partial charge on any atom is 0.258 e. The first kappa shape index (κ1) is 19.4. The standard InChI is InChI=1S/C21H18FN5O3/c1-27(12-17-23-16-5-3-2-4-15(16)21(29)24-17)19(28)11-10-18-25-20(26-30-18)13-6-8-14(22)9-7-13/h2-9H,10-12H2,1H3,(H,23,24,29). The van der Waals surface area contributed by atoms with Gasteiger partial charge in [-0.25, -0.2) is 9.37 Å². The number of aromatic nitrogens is 4.